The number of carbonyl (C=O) groups excluding carboxylic acids is 1. The molecule has 3 N–H and O–H groups in total. The van der Waals surface area contributed by atoms with E-state index in [-0.39, 0.29) is 6.54 Å². The van der Waals surface area contributed by atoms with Crippen LogP contribution in [0.25, 0.3) is 0 Å². The molecule has 98 valence electrons. The number of allylic oxidation sites excluding steroid dienone is 1. The Morgan fingerprint density at radius 1 is 1.33 bits per heavy atom. The number of alkyl halides is 3. The molecule has 0 radical (unpaired) electrons. The smallest absolute Gasteiger partial charge is 0.395 e. The van der Waals surface area contributed by atoms with Crippen LogP contribution in [-0.2, 0) is 11.3 Å². The maximum absolute atomic E-state index is 12.0. The molecular weight excluding hydrogens is 245 g/mol. The molecular formula is C12H13F3N2O. The lowest BCUT2D eigenvalue weighted by Crippen LogP contribution is -2.26. The van der Waals surface area contributed by atoms with Crippen molar-refractivity contribution in [1.82, 2.24) is 5.32 Å². The third-order valence-electron chi connectivity index (χ3n) is 2.20. The van der Waals surface area contributed by atoms with Crippen LogP contribution in [0.3, 0.4) is 0 Å². The van der Waals surface area contributed by atoms with Gasteiger partial charge in [0.05, 0.1) is 0 Å². The first-order valence-electron chi connectivity index (χ1n) is 5.17. The summed E-state index contributed by atoms with van der Waals surface area (Å²) >= 11 is 0. The molecule has 0 bridgehead atoms. The van der Waals surface area contributed by atoms with E-state index in [0.717, 1.165) is 11.1 Å². The molecule has 0 aliphatic heterocycles. The van der Waals surface area contributed by atoms with E-state index in [0.29, 0.717) is 6.08 Å². The van der Waals surface area contributed by atoms with Crippen LogP contribution in [-0.4, -0.2) is 12.1 Å². The van der Waals surface area contributed by atoms with Crippen molar-refractivity contribution in [3.8, 4) is 0 Å². The van der Waals surface area contributed by atoms with Crippen LogP contribution in [0.15, 0.2) is 36.0 Å². The maximum atomic E-state index is 12.0. The molecule has 18 heavy (non-hydrogen) atoms. The van der Waals surface area contributed by atoms with Crippen LogP contribution < -0.4 is 11.1 Å². The minimum Gasteiger partial charge on any atom is -0.395 e. The molecule has 1 aromatic carbocycles. The summed E-state index contributed by atoms with van der Waals surface area (Å²) in [6, 6.07) is 7.27. The summed E-state index contributed by atoms with van der Waals surface area (Å²) in [5.41, 5.74) is 5.16. The zero-order valence-corrected chi connectivity index (χ0v) is 9.71. The standard InChI is InChI=1S/C12H13F3N2O/c1-8-2-4-9(5-3-8)7-17-11(18)6-10(16)12(13,14)15/h2-6H,7,16H2,1H3,(H,17,18)/b10-6-. The molecule has 0 aliphatic rings. The average Bonchev–Trinajstić information content (AvgIpc) is 2.27. The topological polar surface area (TPSA) is 55.1 Å². The first kappa shape index (κ1) is 14.1. The van der Waals surface area contributed by atoms with Gasteiger partial charge < -0.3 is 11.1 Å². The normalized spacial score (nSPS) is 12.3. The molecule has 0 aromatic heterocycles. The van der Waals surface area contributed by atoms with Gasteiger partial charge in [-0.25, -0.2) is 0 Å². The number of nitrogens with one attached hydrogen (secondary N) is 1. The van der Waals surface area contributed by atoms with Crippen LogP contribution in [0.5, 0.6) is 0 Å². The average molecular weight is 258 g/mol. The van der Waals surface area contributed by atoms with Crippen molar-refractivity contribution in [2.24, 2.45) is 5.73 Å². The second-order valence-corrected chi connectivity index (χ2v) is 3.80. The molecule has 0 saturated carbocycles. The summed E-state index contributed by atoms with van der Waals surface area (Å²) in [5.74, 6) is -0.870. The third kappa shape index (κ3) is 4.48. The van der Waals surface area contributed by atoms with Crippen molar-refractivity contribution in [3.63, 3.8) is 0 Å². The van der Waals surface area contributed by atoms with Crippen molar-refractivity contribution in [2.45, 2.75) is 19.6 Å². The molecule has 1 aromatic rings. The van der Waals surface area contributed by atoms with E-state index in [9.17, 15) is 18.0 Å². The molecule has 0 heterocycles. The highest BCUT2D eigenvalue weighted by Gasteiger charge is 2.31. The molecule has 3 nitrogen and oxygen atoms in total. The lowest BCUT2D eigenvalue weighted by molar-refractivity contribution is -0.118. The van der Waals surface area contributed by atoms with Crippen LogP contribution >= 0.6 is 0 Å². The Balaban J connectivity index is 2.54. The zero-order valence-electron chi connectivity index (χ0n) is 9.71. The Morgan fingerprint density at radius 2 is 1.89 bits per heavy atom. The SMILES string of the molecule is Cc1ccc(CNC(=O)/C=C(\N)C(F)(F)F)cc1. The number of halogens is 3. The van der Waals surface area contributed by atoms with E-state index < -0.39 is 17.8 Å². The van der Waals surface area contributed by atoms with Crippen molar-refractivity contribution >= 4 is 5.91 Å². The Labute approximate surface area is 102 Å². The fraction of sp³-hybridized carbons (Fsp3) is 0.250. The highest BCUT2D eigenvalue weighted by Crippen LogP contribution is 2.20. The molecule has 0 saturated heterocycles. The number of aryl methyl sites for hydroxylation is 1. The molecule has 0 unspecified atom stereocenters. The number of amides is 1. The summed E-state index contributed by atoms with van der Waals surface area (Å²) in [5, 5.41) is 2.33. The lowest BCUT2D eigenvalue weighted by atomic mass is 10.1. The van der Waals surface area contributed by atoms with Gasteiger partial charge >= 0.3 is 6.18 Å². The molecule has 0 fully saturated rings. The predicted octanol–water partition coefficient (Wildman–Crippen LogP) is 2.02. The van der Waals surface area contributed by atoms with E-state index in [2.05, 4.69) is 5.32 Å². The first-order valence-corrected chi connectivity index (χ1v) is 5.17. The monoisotopic (exact) mass is 258 g/mol. The fourth-order valence-corrected chi connectivity index (χ4v) is 1.17. The van der Waals surface area contributed by atoms with Gasteiger partial charge in [-0.2, -0.15) is 13.2 Å². The van der Waals surface area contributed by atoms with E-state index in [1.807, 2.05) is 19.1 Å². The van der Waals surface area contributed by atoms with Crippen molar-refractivity contribution in [3.05, 3.63) is 47.2 Å². The number of hydrogen-bond acceptors (Lipinski definition) is 2. The van der Waals surface area contributed by atoms with Gasteiger partial charge in [-0.15, -0.1) is 0 Å². The van der Waals surface area contributed by atoms with Crippen molar-refractivity contribution in [1.29, 1.82) is 0 Å². The van der Waals surface area contributed by atoms with Gasteiger partial charge in [0.15, 0.2) is 0 Å². The lowest BCUT2D eigenvalue weighted by Gasteiger charge is -2.07. The summed E-state index contributed by atoms with van der Waals surface area (Å²) in [6.45, 7) is 2.07. The second kappa shape index (κ2) is 5.57. The van der Waals surface area contributed by atoms with Crippen LogP contribution in [0.2, 0.25) is 0 Å². The molecule has 1 amide bonds. The first-order chi connectivity index (χ1) is 8.29. The number of rotatable bonds is 3. The highest BCUT2D eigenvalue weighted by atomic mass is 19.4. The summed E-state index contributed by atoms with van der Waals surface area (Å²) in [4.78, 5) is 11.2. The summed E-state index contributed by atoms with van der Waals surface area (Å²) < 4.78 is 36.1. The van der Waals surface area contributed by atoms with Gasteiger partial charge in [0, 0.05) is 12.6 Å². The van der Waals surface area contributed by atoms with Crippen LogP contribution in [0.4, 0.5) is 13.2 Å². The summed E-state index contributed by atoms with van der Waals surface area (Å²) in [7, 11) is 0. The Hall–Kier alpha value is -1.98. The maximum Gasteiger partial charge on any atom is 0.430 e. The van der Waals surface area contributed by atoms with Gasteiger partial charge in [0.2, 0.25) is 5.91 Å². The van der Waals surface area contributed by atoms with Crippen LogP contribution in [0.1, 0.15) is 11.1 Å². The van der Waals surface area contributed by atoms with Crippen LogP contribution in [0, 0.1) is 6.92 Å². The predicted molar refractivity (Wildman–Crippen MR) is 61.4 cm³/mol. The molecule has 0 aliphatic carbocycles. The van der Waals surface area contributed by atoms with Gasteiger partial charge in [-0.05, 0) is 12.5 Å². The fourth-order valence-electron chi connectivity index (χ4n) is 1.17. The zero-order chi connectivity index (χ0) is 13.8. The minimum absolute atomic E-state index is 0.154. The molecule has 0 spiro atoms. The number of benzene rings is 1. The van der Waals surface area contributed by atoms with Gasteiger partial charge in [0.1, 0.15) is 5.70 Å². The van der Waals surface area contributed by atoms with Crippen molar-refractivity contribution in [2.75, 3.05) is 0 Å². The minimum atomic E-state index is -4.68. The number of hydrogen-bond donors (Lipinski definition) is 2. The van der Waals surface area contributed by atoms with E-state index >= 15 is 0 Å². The molecule has 1 rings (SSSR count). The Morgan fingerprint density at radius 3 is 2.39 bits per heavy atom. The van der Waals surface area contributed by atoms with Gasteiger partial charge in [0.25, 0.3) is 0 Å². The van der Waals surface area contributed by atoms with E-state index in [1.165, 1.54) is 0 Å². The van der Waals surface area contributed by atoms with Gasteiger partial charge in [-0.1, -0.05) is 29.8 Å². The van der Waals surface area contributed by atoms with E-state index in [1.54, 1.807) is 12.1 Å². The van der Waals surface area contributed by atoms with Crippen molar-refractivity contribution < 1.29 is 18.0 Å². The summed E-state index contributed by atoms with van der Waals surface area (Å²) in [6.07, 6.45) is -4.34. The highest BCUT2D eigenvalue weighted by molar-refractivity contribution is 5.88. The third-order valence-corrected chi connectivity index (χ3v) is 2.20. The van der Waals surface area contributed by atoms with Gasteiger partial charge in [-0.3, -0.25) is 4.79 Å². The number of nitrogens with two attached hydrogens (primary N) is 1. The Kier molecular flexibility index (Phi) is 4.36. The number of carbonyl (C=O) groups is 1. The largest absolute Gasteiger partial charge is 0.430 e. The second-order valence-electron chi connectivity index (χ2n) is 3.80. The van der Waals surface area contributed by atoms with E-state index in [4.69, 9.17) is 5.73 Å². The molecule has 6 heteroatoms. The quantitative estimate of drug-likeness (QED) is 0.815. The molecule has 0 atom stereocenters. The Bertz CT molecular complexity index is 449.